The van der Waals surface area contributed by atoms with Crippen molar-refractivity contribution in [2.75, 3.05) is 0 Å². The molecule has 0 saturated carbocycles. The molecule has 0 amide bonds. The van der Waals surface area contributed by atoms with E-state index in [1.165, 1.54) is 0 Å². The summed E-state index contributed by atoms with van der Waals surface area (Å²) in [5, 5.41) is 0.785. The van der Waals surface area contributed by atoms with E-state index in [9.17, 15) is 4.79 Å². The average molecular weight is 197 g/mol. The summed E-state index contributed by atoms with van der Waals surface area (Å²) in [6.45, 7) is 5.53. The Hall–Kier alpha value is -0.820. The molecule has 0 spiro atoms. The number of benzene rings is 1. The fraction of sp³-hybridized carbons (Fsp3) is 0.364. The zero-order valence-corrected chi connectivity index (χ0v) is 8.90. The van der Waals surface area contributed by atoms with Gasteiger partial charge in [-0.05, 0) is 43.5 Å². The van der Waals surface area contributed by atoms with Crippen molar-refractivity contribution < 1.29 is 4.79 Å². The average Bonchev–Trinajstić information content (AvgIpc) is 2.09. The maximum absolute atomic E-state index is 11.1. The van der Waals surface area contributed by atoms with Crippen molar-refractivity contribution in [2.45, 2.75) is 27.2 Å². The normalized spacial score (nSPS) is 10.2. The van der Waals surface area contributed by atoms with Crippen LogP contribution < -0.4 is 0 Å². The SMILES string of the molecule is CCc1cc(C(C)=O)cc(C)c1Cl. The van der Waals surface area contributed by atoms with E-state index >= 15 is 0 Å². The Morgan fingerprint density at radius 3 is 2.54 bits per heavy atom. The van der Waals surface area contributed by atoms with Crippen molar-refractivity contribution in [3.8, 4) is 0 Å². The second-order valence-corrected chi connectivity index (χ2v) is 3.55. The van der Waals surface area contributed by atoms with Gasteiger partial charge in [0.25, 0.3) is 0 Å². The molecule has 1 aromatic carbocycles. The minimum atomic E-state index is 0.0921. The van der Waals surface area contributed by atoms with E-state index in [1.807, 2.05) is 26.0 Å². The molecule has 1 aromatic rings. The van der Waals surface area contributed by atoms with Crippen molar-refractivity contribution in [3.05, 3.63) is 33.8 Å². The lowest BCUT2D eigenvalue weighted by molar-refractivity contribution is 0.101. The van der Waals surface area contributed by atoms with Crippen LogP contribution in [0.4, 0.5) is 0 Å². The van der Waals surface area contributed by atoms with Crippen LogP contribution in [0.3, 0.4) is 0 Å². The van der Waals surface area contributed by atoms with Gasteiger partial charge < -0.3 is 0 Å². The number of hydrogen-bond donors (Lipinski definition) is 0. The molecule has 0 aliphatic carbocycles. The molecule has 0 bridgehead atoms. The van der Waals surface area contributed by atoms with Gasteiger partial charge >= 0.3 is 0 Å². The predicted octanol–water partition coefficient (Wildman–Crippen LogP) is 3.41. The molecule has 1 nitrogen and oxygen atoms in total. The van der Waals surface area contributed by atoms with Crippen LogP contribution in [0.15, 0.2) is 12.1 Å². The molecule has 0 aliphatic rings. The molecule has 13 heavy (non-hydrogen) atoms. The Bertz CT molecular complexity index is 342. The van der Waals surface area contributed by atoms with Crippen molar-refractivity contribution in [1.82, 2.24) is 0 Å². The van der Waals surface area contributed by atoms with Crippen LogP contribution in [0.2, 0.25) is 5.02 Å². The van der Waals surface area contributed by atoms with Crippen LogP contribution in [0.5, 0.6) is 0 Å². The zero-order valence-electron chi connectivity index (χ0n) is 8.15. The zero-order chi connectivity index (χ0) is 10.0. The third kappa shape index (κ3) is 2.10. The number of carbonyl (C=O) groups excluding carboxylic acids is 1. The molecule has 0 atom stereocenters. The summed E-state index contributed by atoms with van der Waals surface area (Å²) >= 11 is 6.06. The van der Waals surface area contributed by atoms with Gasteiger partial charge in [-0.2, -0.15) is 0 Å². The highest BCUT2D eigenvalue weighted by molar-refractivity contribution is 6.32. The van der Waals surface area contributed by atoms with E-state index in [4.69, 9.17) is 11.6 Å². The van der Waals surface area contributed by atoms with Gasteiger partial charge in [-0.3, -0.25) is 4.79 Å². The summed E-state index contributed by atoms with van der Waals surface area (Å²) in [4.78, 5) is 11.1. The molecule has 70 valence electrons. The quantitative estimate of drug-likeness (QED) is 0.663. The number of ketones is 1. The van der Waals surface area contributed by atoms with Crippen molar-refractivity contribution in [2.24, 2.45) is 0 Å². The molecule has 0 radical (unpaired) electrons. The number of hydrogen-bond acceptors (Lipinski definition) is 1. The Morgan fingerprint density at radius 2 is 2.08 bits per heavy atom. The summed E-state index contributed by atoms with van der Waals surface area (Å²) in [6, 6.07) is 3.71. The van der Waals surface area contributed by atoms with E-state index in [2.05, 4.69) is 0 Å². The molecule has 0 saturated heterocycles. The second-order valence-electron chi connectivity index (χ2n) is 3.18. The fourth-order valence-electron chi connectivity index (χ4n) is 1.30. The Morgan fingerprint density at radius 1 is 1.46 bits per heavy atom. The Kier molecular flexibility index (Phi) is 3.10. The number of halogens is 1. The third-order valence-corrected chi connectivity index (χ3v) is 2.66. The summed E-state index contributed by atoms with van der Waals surface area (Å²) in [5.41, 5.74) is 2.77. The Balaban J connectivity index is 3.30. The molecule has 0 aliphatic heterocycles. The number of rotatable bonds is 2. The van der Waals surface area contributed by atoms with Crippen LogP contribution in [-0.4, -0.2) is 5.78 Å². The largest absolute Gasteiger partial charge is 0.295 e. The van der Waals surface area contributed by atoms with Gasteiger partial charge in [-0.25, -0.2) is 0 Å². The van der Waals surface area contributed by atoms with Gasteiger partial charge in [0, 0.05) is 10.6 Å². The first-order valence-corrected chi connectivity index (χ1v) is 4.74. The van der Waals surface area contributed by atoms with Gasteiger partial charge in [0.15, 0.2) is 5.78 Å². The molecular formula is C11H13ClO. The van der Waals surface area contributed by atoms with Crippen LogP contribution >= 0.6 is 11.6 Å². The smallest absolute Gasteiger partial charge is 0.159 e. The molecule has 2 heteroatoms. The van der Waals surface area contributed by atoms with Crippen molar-refractivity contribution >= 4 is 17.4 Å². The Labute approximate surface area is 83.7 Å². The summed E-state index contributed by atoms with van der Waals surface area (Å²) in [6.07, 6.45) is 0.862. The lowest BCUT2D eigenvalue weighted by Crippen LogP contribution is -1.96. The number of aryl methyl sites for hydroxylation is 2. The van der Waals surface area contributed by atoms with Crippen molar-refractivity contribution in [3.63, 3.8) is 0 Å². The molecule has 0 N–H and O–H groups in total. The molecular weight excluding hydrogens is 184 g/mol. The summed E-state index contributed by atoms with van der Waals surface area (Å²) in [5.74, 6) is 0.0921. The van der Waals surface area contributed by atoms with Gasteiger partial charge in [0.1, 0.15) is 0 Å². The first kappa shape index (κ1) is 10.3. The van der Waals surface area contributed by atoms with Gasteiger partial charge in [-0.1, -0.05) is 18.5 Å². The maximum atomic E-state index is 11.1. The first-order valence-electron chi connectivity index (χ1n) is 4.36. The lowest BCUT2D eigenvalue weighted by Gasteiger charge is -2.06. The van der Waals surface area contributed by atoms with E-state index in [1.54, 1.807) is 6.92 Å². The van der Waals surface area contributed by atoms with E-state index in [0.29, 0.717) is 0 Å². The fourth-order valence-corrected chi connectivity index (χ4v) is 1.55. The number of Topliss-reactive ketones (excluding diaryl/α,β-unsaturated/α-hetero) is 1. The van der Waals surface area contributed by atoms with Crippen LogP contribution in [0.1, 0.15) is 35.3 Å². The highest BCUT2D eigenvalue weighted by atomic mass is 35.5. The van der Waals surface area contributed by atoms with Gasteiger partial charge in [0.2, 0.25) is 0 Å². The summed E-state index contributed by atoms with van der Waals surface area (Å²) < 4.78 is 0. The monoisotopic (exact) mass is 196 g/mol. The van der Waals surface area contributed by atoms with Crippen LogP contribution in [0, 0.1) is 6.92 Å². The third-order valence-electron chi connectivity index (χ3n) is 2.12. The highest BCUT2D eigenvalue weighted by Gasteiger charge is 2.06. The summed E-state index contributed by atoms with van der Waals surface area (Å²) in [7, 11) is 0. The molecule has 0 heterocycles. The standard InChI is InChI=1S/C11H13ClO/c1-4-9-6-10(8(3)13)5-7(2)11(9)12/h5-6H,4H2,1-3H3. The highest BCUT2D eigenvalue weighted by Crippen LogP contribution is 2.23. The molecule has 0 unspecified atom stereocenters. The van der Waals surface area contributed by atoms with Gasteiger partial charge in [-0.15, -0.1) is 0 Å². The maximum Gasteiger partial charge on any atom is 0.159 e. The molecule has 0 aromatic heterocycles. The van der Waals surface area contributed by atoms with E-state index in [0.717, 1.165) is 28.1 Å². The van der Waals surface area contributed by atoms with E-state index in [-0.39, 0.29) is 5.78 Å². The first-order chi connectivity index (χ1) is 6.06. The molecule has 0 fully saturated rings. The van der Waals surface area contributed by atoms with E-state index < -0.39 is 0 Å². The molecule has 1 rings (SSSR count). The number of carbonyl (C=O) groups is 1. The lowest BCUT2D eigenvalue weighted by atomic mass is 10.0. The minimum Gasteiger partial charge on any atom is -0.295 e. The predicted molar refractivity (Wildman–Crippen MR) is 55.6 cm³/mol. The van der Waals surface area contributed by atoms with Gasteiger partial charge in [0.05, 0.1) is 0 Å². The van der Waals surface area contributed by atoms with Crippen LogP contribution in [-0.2, 0) is 6.42 Å². The topological polar surface area (TPSA) is 17.1 Å². The minimum absolute atomic E-state index is 0.0921. The van der Waals surface area contributed by atoms with Crippen molar-refractivity contribution in [1.29, 1.82) is 0 Å². The second kappa shape index (κ2) is 3.93. The van der Waals surface area contributed by atoms with Crippen LogP contribution in [0.25, 0.3) is 0 Å².